The van der Waals surface area contributed by atoms with Gasteiger partial charge in [0.05, 0.1) is 4.90 Å². The quantitative estimate of drug-likeness (QED) is 0.194. The van der Waals surface area contributed by atoms with Crippen molar-refractivity contribution in [2.75, 3.05) is 23.6 Å². The Morgan fingerprint density at radius 1 is 1.00 bits per heavy atom. The predicted molar refractivity (Wildman–Crippen MR) is 144 cm³/mol. The maximum Gasteiger partial charge on any atom is 0.261 e. The number of anilines is 1. The van der Waals surface area contributed by atoms with Crippen LogP contribution < -0.4 is 14.8 Å². The van der Waals surface area contributed by atoms with Crippen LogP contribution >= 0.6 is 11.8 Å². The van der Waals surface area contributed by atoms with Gasteiger partial charge in [0.1, 0.15) is 5.75 Å². The summed E-state index contributed by atoms with van der Waals surface area (Å²) in [6, 6.07) is 21.0. The maximum atomic E-state index is 12.7. The highest BCUT2D eigenvalue weighted by Crippen LogP contribution is 2.21. The summed E-state index contributed by atoms with van der Waals surface area (Å²) in [7, 11) is -3.74. The SMILES string of the molecule is Cc1ccc(NS(=O)(=O)c2ccc(OCC(=O)NCCSc3n[nH]c(-c4ccccc4)n3)cc2)cc1C. The largest absolute Gasteiger partial charge is 0.484 e. The Bertz CT molecular complexity index is 1460. The molecular formula is C26H27N5O4S2. The molecule has 0 unspecified atom stereocenters. The fraction of sp³-hybridized carbons (Fsp3) is 0.192. The van der Waals surface area contributed by atoms with Crippen molar-refractivity contribution in [3.05, 3.63) is 83.9 Å². The van der Waals surface area contributed by atoms with E-state index in [2.05, 4.69) is 25.2 Å². The number of nitrogens with zero attached hydrogens (tertiary/aromatic N) is 2. The van der Waals surface area contributed by atoms with E-state index in [0.29, 0.717) is 34.7 Å². The average Bonchev–Trinajstić information content (AvgIpc) is 3.37. The van der Waals surface area contributed by atoms with E-state index in [1.807, 2.05) is 50.2 Å². The maximum absolute atomic E-state index is 12.7. The summed E-state index contributed by atoms with van der Waals surface area (Å²) in [5, 5.41) is 10.5. The number of carbonyl (C=O) groups excluding carboxylic acids is 1. The summed E-state index contributed by atoms with van der Waals surface area (Å²) in [6.45, 7) is 4.12. The van der Waals surface area contributed by atoms with Crippen molar-refractivity contribution in [3.8, 4) is 17.1 Å². The first kappa shape index (κ1) is 26.2. The van der Waals surface area contributed by atoms with Crippen LogP contribution in [0.3, 0.4) is 0 Å². The molecule has 0 bridgehead atoms. The molecule has 1 heterocycles. The number of aromatic nitrogens is 3. The molecule has 0 spiro atoms. The molecule has 0 aliphatic heterocycles. The molecule has 37 heavy (non-hydrogen) atoms. The van der Waals surface area contributed by atoms with Crippen LogP contribution in [0.1, 0.15) is 11.1 Å². The van der Waals surface area contributed by atoms with Crippen molar-refractivity contribution in [1.29, 1.82) is 0 Å². The summed E-state index contributed by atoms with van der Waals surface area (Å²) in [5.41, 5.74) is 3.53. The summed E-state index contributed by atoms with van der Waals surface area (Å²) < 4.78 is 33.4. The molecule has 11 heteroatoms. The molecule has 4 aromatic rings. The Morgan fingerprint density at radius 3 is 2.49 bits per heavy atom. The number of thioether (sulfide) groups is 1. The van der Waals surface area contributed by atoms with Gasteiger partial charge in [0.2, 0.25) is 5.16 Å². The van der Waals surface area contributed by atoms with Crippen molar-refractivity contribution >= 4 is 33.4 Å². The second-order valence-electron chi connectivity index (χ2n) is 8.20. The molecule has 0 atom stereocenters. The zero-order chi connectivity index (χ0) is 26.3. The number of rotatable bonds is 11. The summed E-state index contributed by atoms with van der Waals surface area (Å²) in [5.74, 6) is 1.40. The lowest BCUT2D eigenvalue weighted by atomic mass is 10.1. The molecule has 0 radical (unpaired) electrons. The predicted octanol–water partition coefficient (Wildman–Crippen LogP) is 4.18. The van der Waals surface area contributed by atoms with Crippen molar-refractivity contribution < 1.29 is 17.9 Å². The van der Waals surface area contributed by atoms with Gasteiger partial charge in [-0.25, -0.2) is 13.4 Å². The number of carbonyl (C=O) groups is 1. The number of aryl methyl sites for hydroxylation is 2. The Morgan fingerprint density at radius 2 is 1.76 bits per heavy atom. The van der Waals surface area contributed by atoms with Crippen molar-refractivity contribution in [2.45, 2.75) is 23.9 Å². The molecule has 192 valence electrons. The van der Waals surface area contributed by atoms with Gasteiger partial charge in [-0.15, -0.1) is 5.10 Å². The fourth-order valence-corrected chi connectivity index (χ4v) is 5.01. The van der Waals surface area contributed by atoms with Gasteiger partial charge in [-0.1, -0.05) is 48.2 Å². The van der Waals surface area contributed by atoms with Crippen LogP contribution in [0.5, 0.6) is 5.75 Å². The summed E-state index contributed by atoms with van der Waals surface area (Å²) in [4.78, 5) is 16.6. The van der Waals surface area contributed by atoms with Gasteiger partial charge >= 0.3 is 0 Å². The second kappa shape index (κ2) is 11.9. The van der Waals surface area contributed by atoms with Crippen LogP contribution in [-0.4, -0.2) is 48.4 Å². The monoisotopic (exact) mass is 537 g/mol. The number of hydrogen-bond donors (Lipinski definition) is 3. The highest BCUT2D eigenvalue weighted by Gasteiger charge is 2.15. The Hall–Kier alpha value is -3.83. The minimum Gasteiger partial charge on any atom is -0.484 e. The highest BCUT2D eigenvalue weighted by atomic mass is 32.2. The molecule has 1 aromatic heterocycles. The number of sulfonamides is 1. The lowest BCUT2D eigenvalue weighted by Crippen LogP contribution is -2.30. The van der Waals surface area contributed by atoms with Gasteiger partial charge in [-0.2, -0.15) is 0 Å². The Labute approximate surface area is 220 Å². The van der Waals surface area contributed by atoms with Crippen LogP contribution in [0.15, 0.2) is 82.8 Å². The molecule has 1 amide bonds. The number of nitrogens with one attached hydrogen (secondary N) is 3. The third kappa shape index (κ3) is 7.34. The van der Waals surface area contributed by atoms with E-state index < -0.39 is 10.0 Å². The van der Waals surface area contributed by atoms with Crippen LogP contribution in [-0.2, 0) is 14.8 Å². The molecule has 0 aliphatic rings. The number of hydrogen-bond acceptors (Lipinski definition) is 7. The van der Waals surface area contributed by atoms with Gasteiger partial charge in [0.25, 0.3) is 15.9 Å². The second-order valence-corrected chi connectivity index (χ2v) is 10.9. The lowest BCUT2D eigenvalue weighted by molar-refractivity contribution is -0.122. The van der Waals surface area contributed by atoms with Crippen molar-refractivity contribution in [3.63, 3.8) is 0 Å². The zero-order valence-corrected chi connectivity index (χ0v) is 22.0. The van der Waals surface area contributed by atoms with Gasteiger partial charge in [0, 0.05) is 23.5 Å². The van der Waals surface area contributed by atoms with Gasteiger partial charge in [-0.3, -0.25) is 14.6 Å². The minimum atomic E-state index is -3.74. The van der Waals surface area contributed by atoms with E-state index in [-0.39, 0.29) is 17.4 Å². The van der Waals surface area contributed by atoms with E-state index in [1.54, 1.807) is 12.1 Å². The highest BCUT2D eigenvalue weighted by molar-refractivity contribution is 7.99. The van der Waals surface area contributed by atoms with Crippen LogP contribution in [0, 0.1) is 13.8 Å². The molecular weight excluding hydrogens is 510 g/mol. The third-order valence-electron chi connectivity index (χ3n) is 5.43. The molecule has 3 aromatic carbocycles. The van der Waals surface area contributed by atoms with Crippen LogP contribution in [0.4, 0.5) is 5.69 Å². The first-order valence-corrected chi connectivity index (χ1v) is 14.0. The standard InChI is InChI=1S/C26H27N5O4S2/c1-18-8-9-21(16-19(18)2)31-37(33,34)23-12-10-22(11-13-23)35-17-24(32)27-14-15-36-26-28-25(29-30-26)20-6-4-3-5-7-20/h3-13,16,31H,14-15,17H2,1-2H3,(H,27,32)(H,28,29,30). The Balaban J connectivity index is 1.19. The van der Waals surface area contributed by atoms with Crippen molar-refractivity contribution in [1.82, 2.24) is 20.5 Å². The van der Waals surface area contributed by atoms with E-state index in [1.165, 1.54) is 36.0 Å². The van der Waals surface area contributed by atoms with Crippen LogP contribution in [0.25, 0.3) is 11.4 Å². The first-order valence-electron chi connectivity index (χ1n) is 11.5. The number of aromatic amines is 1. The van der Waals surface area contributed by atoms with E-state index in [9.17, 15) is 13.2 Å². The molecule has 9 nitrogen and oxygen atoms in total. The topological polar surface area (TPSA) is 126 Å². The number of amides is 1. The molecule has 4 rings (SSSR count). The number of ether oxygens (including phenoxy) is 1. The molecule has 0 aliphatic carbocycles. The van der Waals surface area contributed by atoms with Gasteiger partial charge < -0.3 is 10.1 Å². The summed E-state index contributed by atoms with van der Waals surface area (Å²) in [6.07, 6.45) is 0. The normalized spacial score (nSPS) is 11.2. The smallest absolute Gasteiger partial charge is 0.261 e. The molecule has 0 fully saturated rings. The Kier molecular flexibility index (Phi) is 8.47. The minimum absolute atomic E-state index is 0.0990. The molecule has 3 N–H and O–H groups in total. The van der Waals surface area contributed by atoms with Gasteiger partial charge in [-0.05, 0) is 61.4 Å². The average molecular weight is 538 g/mol. The molecule has 0 saturated heterocycles. The van der Waals surface area contributed by atoms with Crippen LogP contribution in [0.2, 0.25) is 0 Å². The lowest BCUT2D eigenvalue weighted by Gasteiger charge is -2.11. The fourth-order valence-electron chi connectivity index (χ4n) is 3.30. The third-order valence-corrected chi connectivity index (χ3v) is 7.68. The summed E-state index contributed by atoms with van der Waals surface area (Å²) >= 11 is 1.43. The van der Waals surface area contributed by atoms with Crippen molar-refractivity contribution in [2.24, 2.45) is 0 Å². The number of benzene rings is 3. The zero-order valence-electron chi connectivity index (χ0n) is 20.4. The van der Waals surface area contributed by atoms with E-state index in [4.69, 9.17) is 4.74 Å². The van der Waals surface area contributed by atoms with E-state index >= 15 is 0 Å². The van der Waals surface area contributed by atoms with Gasteiger partial charge in [0.15, 0.2) is 12.4 Å². The van der Waals surface area contributed by atoms with E-state index in [0.717, 1.165) is 16.7 Å². The first-order chi connectivity index (χ1) is 17.8. The number of H-pyrrole nitrogens is 1. The molecule has 0 saturated carbocycles.